The Kier molecular flexibility index (Phi) is 6.84. The average Bonchev–Trinajstić information content (AvgIpc) is 3.52. The van der Waals surface area contributed by atoms with Gasteiger partial charge in [-0.05, 0) is 31.7 Å². The van der Waals surface area contributed by atoms with E-state index >= 15 is 0 Å². The lowest BCUT2D eigenvalue weighted by Crippen LogP contribution is -2.51. The number of alkyl halides is 2. The molecule has 202 valence electrons. The van der Waals surface area contributed by atoms with E-state index in [1.54, 1.807) is 12.1 Å². The number of fused-ring (bicyclic) bond motifs is 4. The Hall–Kier alpha value is -3.36. The van der Waals surface area contributed by atoms with Gasteiger partial charge in [-0.25, -0.2) is 19.7 Å². The summed E-state index contributed by atoms with van der Waals surface area (Å²) in [5, 5.41) is 16.0. The number of hydrogen-bond acceptors (Lipinski definition) is 10. The standard InChI is InChI=1S/C24H26F2N6O5S/c25-21(26)37-19-3-1-2-15(29-19)18-9-27-24(36-18)32-13-8-16-20(17(32)11-35-10-13)38-23(30-16)31-22(34)28-12-4-6-14(33)7-5-12/h1-3,9,12-14,17,21,33H,4-8,10-11H2,(H2,28,30,31,34)/t12?,13-,14?,17-/m0/s1. The third kappa shape index (κ3) is 5.15. The van der Waals surface area contributed by atoms with Crippen molar-refractivity contribution in [3.63, 3.8) is 0 Å². The summed E-state index contributed by atoms with van der Waals surface area (Å²) in [6, 6.07) is 4.33. The van der Waals surface area contributed by atoms with Gasteiger partial charge in [-0.2, -0.15) is 8.78 Å². The maximum atomic E-state index is 12.6. The van der Waals surface area contributed by atoms with E-state index in [1.165, 1.54) is 23.6 Å². The normalized spacial score (nSPS) is 24.7. The van der Waals surface area contributed by atoms with Crippen molar-refractivity contribution in [1.29, 1.82) is 0 Å². The zero-order valence-corrected chi connectivity index (χ0v) is 21.0. The van der Waals surface area contributed by atoms with Crippen LogP contribution in [0.3, 0.4) is 0 Å². The molecule has 2 bridgehead atoms. The van der Waals surface area contributed by atoms with E-state index < -0.39 is 6.61 Å². The fourth-order valence-corrected chi connectivity index (χ4v) is 6.25. The number of anilines is 2. The quantitative estimate of drug-likeness (QED) is 0.421. The summed E-state index contributed by atoms with van der Waals surface area (Å²) >= 11 is 1.39. The van der Waals surface area contributed by atoms with Gasteiger partial charge in [-0.3, -0.25) is 5.32 Å². The molecule has 2 amide bonds. The highest BCUT2D eigenvalue weighted by molar-refractivity contribution is 7.16. The molecule has 0 spiro atoms. The summed E-state index contributed by atoms with van der Waals surface area (Å²) < 4.78 is 41.4. The van der Waals surface area contributed by atoms with Gasteiger partial charge in [0.05, 0.1) is 48.2 Å². The number of rotatable bonds is 6. The van der Waals surface area contributed by atoms with E-state index in [-0.39, 0.29) is 36.1 Å². The number of morpholine rings is 1. The topological polar surface area (TPSA) is 135 Å². The van der Waals surface area contributed by atoms with E-state index in [0.717, 1.165) is 23.4 Å². The third-order valence-electron chi connectivity index (χ3n) is 6.93. The zero-order chi connectivity index (χ0) is 26.2. The fraction of sp³-hybridized carbons (Fsp3) is 0.500. The van der Waals surface area contributed by atoms with Crippen LogP contribution in [-0.4, -0.2) is 64.1 Å². The molecule has 3 N–H and O–H groups in total. The second-order valence-electron chi connectivity index (χ2n) is 9.50. The molecule has 5 heterocycles. The Balaban J connectivity index is 1.18. The number of nitrogens with one attached hydrogen (secondary N) is 2. The zero-order valence-electron chi connectivity index (χ0n) is 20.2. The SMILES string of the molecule is O=C(Nc1nc2c(s1)[C@@H]1COC[C@H](C2)N1c1ncc(-c2cccc(OC(F)F)n2)o1)NC1CCC(O)CC1. The van der Waals surface area contributed by atoms with Crippen molar-refractivity contribution in [3.05, 3.63) is 35.0 Å². The van der Waals surface area contributed by atoms with Gasteiger partial charge in [-0.15, -0.1) is 0 Å². The number of oxazole rings is 1. The van der Waals surface area contributed by atoms with E-state index in [2.05, 4.69) is 30.3 Å². The molecule has 2 fully saturated rings. The lowest BCUT2D eigenvalue weighted by molar-refractivity contribution is -0.0527. The maximum Gasteiger partial charge on any atom is 0.388 e. The number of aliphatic hydroxyl groups is 1. The molecular weight excluding hydrogens is 522 g/mol. The van der Waals surface area contributed by atoms with Crippen LogP contribution in [-0.2, 0) is 11.2 Å². The largest absolute Gasteiger partial charge is 0.422 e. The number of amides is 2. The number of urea groups is 1. The Morgan fingerprint density at radius 3 is 2.87 bits per heavy atom. The Morgan fingerprint density at radius 2 is 2.05 bits per heavy atom. The first-order valence-corrected chi connectivity index (χ1v) is 13.2. The van der Waals surface area contributed by atoms with Crippen molar-refractivity contribution in [2.45, 2.75) is 62.9 Å². The Morgan fingerprint density at radius 1 is 1.21 bits per heavy atom. The monoisotopic (exact) mass is 548 g/mol. The van der Waals surface area contributed by atoms with Crippen LogP contribution in [0.1, 0.15) is 42.3 Å². The first kappa shape index (κ1) is 24.9. The first-order valence-electron chi connectivity index (χ1n) is 12.4. The van der Waals surface area contributed by atoms with E-state index in [4.69, 9.17) is 9.15 Å². The summed E-state index contributed by atoms with van der Waals surface area (Å²) in [6.07, 6.45) is 4.66. The average molecular weight is 549 g/mol. The Labute approximate surface area is 220 Å². The molecule has 3 aromatic heterocycles. The van der Waals surface area contributed by atoms with Crippen LogP contribution < -0.4 is 20.3 Å². The number of pyridine rings is 1. The molecule has 0 radical (unpaired) electrons. The number of carbonyl (C=O) groups excluding carboxylic acids is 1. The van der Waals surface area contributed by atoms with Crippen LogP contribution in [0, 0.1) is 0 Å². The van der Waals surface area contributed by atoms with E-state index in [1.807, 2.05) is 4.90 Å². The number of hydrogen-bond donors (Lipinski definition) is 3. The lowest BCUT2D eigenvalue weighted by atomic mass is 9.93. The molecule has 3 aromatic rings. The van der Waals surface area contributed by atoms with E-state index in [0.29, 0.717) is 55.1 Å². The van der Waals surface area contributed by atoms with Crippen LogP contribution >= 0.6 is 11.3 Å². The lowest BCUT2D eigenvalue weighted by Gasteiger charge is -2.43. The number of aromatic nitrogens is 3. The molecule has 0 unspecified atom stereocenters. The molecule has 2 atom stereocenters. The van der Waals surface area contributed by atoms with Gasteiger partial charge in [0.25, 0.3) is 6.01 Å². The summed E-state index contributed by atoms with van der Waals surface area (Å²) in [5.74, 6) is 0.112. The molecular formula is C24H26F2N6O5S. The molecule has 2 aliphatic heterocycles. The van der Waals surface area contributed by atoms with Crippen LogP contribution in [0.2, 0.25) is 0 Å². The minimum atomic E-state index is -2.98. The van der Waals surface area contributed by atoms with Crippen molar-refractivity contribution in [3.8, 4) is 17.3 Å². The molecule has 3 aliphatic rings. The highest BCUT2D eigenvalue weighted by Crippen LogP contribution is 2.43. The number of thiazole rings is 1. The smallest absolute Gasteiger partial charge is 0.388 e. The van der Waals surface area contributed by atoms with Gasteiger partial charge >= 0.3 is 12.6 Å². The predicted molar refractivity (Wildman–Crippen MR) is 132 cm³/mol. The second-order valence-corrected chi connectivity index (χ2v) is 10.5. The fourth-order valence-electron chi connectivity index (χ4n) is 5.18. The van der Waals surface area contributed by atoms with Gasteiger partial charge in [0.1, 0.15) is 5.69 Å². The summed E-state index contributed by atoms with van der Waals surface area (Å²) in [7, 11) is 0. The molecule has 14 heteroatoms. The number of carbonyl (C=O) groups is 1. The second kappa shape index (κ2) is 10.4. The third-order valence-corrected chi connectivity index (χ3v) is 8.04. The van der Waals surface area contributed by atoms with Crippen molar-refractivity contribution in [1.82, 2.24) is 20.3 Å². The van der Waals surface area contributed by atoms with Crippen LogP contribution in [0.15, 0.2) is 28.8 Å². The predicted octanol–water partition coefficient (Wildman–Crippen LogP) is 3.72. The number of ether oxygens (including phenoxy) is 2. The Bertz CT molecular complexity index is 1300. The summed E-state index contributed by atoms with van der Waals surface area (Å²) in [6.45, 7) is -2.12. The maximum absolute atomic E-state index is 12.6. The highest BCUT2D eigenvalue weighted by Gasteiger charge is 2.43. The molecule has 38 heavy (non-hydrogen) atoms. The van der Waals surface area contributed by atoms with Crippen molar-refractivity contribution < 1.29 is 32.6 Å². The molecule has 1 saturated carbocycles. The highest BCUT2D eigenvalue weighted by atomic mass is 32.1. The van der Waals surface area contributed by atoms with Gasteiger partial charge < -0.3 is 29.2 Å². The molecule has 1 aliphatic carbocycles. The van der Waals surface area contributed by atoms with Crippen molar-refractivity contribution in [2.24, 2.45) is 0 Å². The molecule has 0 aromatic carbocycles. The molecule has 1 saturated heterocycles. The number of nitrogens with zero attached hydrogens (tertiary/aromatic N) is 4. The van der Waals surface area contributed by atoms with Crippen LogP contribution in [0.25, 0.3) is 11.5 Å². The van der Waals surface area contributed by atoms with Gasteiger partial charge in [0.15, 0.2) is 10.9 Å². The van der Waals surface area contributed by atoms with Gasteiger partial charge in [0.2, 0.25) is 5.88 Å². The van der Waals surface area contributed by atoms with E-state index in [9.17, 15) is 18.7 Å². The first-order chi connectivity index (χ1) is 18.4. The number of halogens is 2. The minimum Gasteiger partial charge on any atom is -0.422 e. The number of aliphatic hydroxyl groups excluding tert-OH is 1. The molecule has 6 rings (SSSR count). The minimum absolute atomic E-state index is 0.0347. The summed E-state index contributed by atoms with van der Waals surface area (Å²) in [5.41, 5.74) is 1.23. The van der Waals surface area contributed by atoms with Crippen molar-refractivity contribution >= 4 is 28.5 Å². The van der Waals surface area contributed by atoms with Gasteiger partial charge in [-0.1, -0.05) is 17.4 Å². The van der Waals surface area contributed by atoms with Gasteiger partial charge in [0, 0.05) is 18.5 Å². The van der Waals surface area contributed by atoms with Crippen LogP contribution in [0.4, 0.5) is 24.7 Å². The molecule has 11 nitrogen and oxygen atoms in total. The summed E-state index contributed by atoms with van der Waals surface area (Å²) in [4.78, 5) is 28.8. The van der Waals surface area contributed by atoms with Crippen molar-refractivity contribution in [2.75, 3.05) is 23.4 Å². The van der Waals surface area contributed by atoms with Crippen LogP contribution in [0.5, 0.6) is 5.88 Å².